The summed E-state index contributed by atoms with van der Waals surface area (Å²) in [5.41, 5.74) is 1.14. The van der Waals surface area contributed by atoms with Crippen LogP contribution in [0.5, 0.6) is 0 Å². The fraction of sp³-hybridized carbons (Fsp3) is 0.211. The van der Waals surface area contributed by atoms with Crippen molar-refractivity contribution in [1.29, 1.82) is 0 Å². The molecule has 0 aliphatic rings. The Hall–Kier alpha value is -3.33. The van der Waals surface area contributed by atoms with Crippen LogP contribution in [0.1, 0.15) is 41.0 Å². The molecule has 0 aromatic heterocycles. The molecule has 0 saturated carbocycles. The minimum Gasteiger partial charge on any atom is -0.350 e. The number of carbonyl (C=O) groups excluding carboxylic acids is 2. The summed E-state index contributed by atoms with van der Waals surface area (Å²) >= 11 is 5.13. The number of nitrogens with zero attached hydrogens (tertiary/aromatic N) is 1. The number of rotatable bonds is 6. The number of thiocarbonyl (C=S) groups is 1. The molecule has 0 aliphatic carbocycles. The van der Waals surface area contributed by atoms with E-state index in [-0.39, 0.29) is 28.3 Å². The summed E-state index contributed by atoms with van der Waals surface area (Å²) in [6.45, 7) is 3.90. The van der Waals surface area contributed by atoms with Crippen molar-refractivity contribution in [1.82, 2.24) is 10.6 Å². The molecular formula is C19H20N4O4S. The summed E-state index contributed by atoms with van der Waals surface area (Å²) in [4.78, 5) is 34.5. The van der Waals surface area contributed by atoms with Gasteiger partial charge < -0.3 is 10.6 Å². The molecule has 2 amide bonds. The van der Waals surface area contributed by atoms with Gasteiger partial charge in [-0.1, -0.05) is 13.0 Å². The molecule has 0 saturated heterocycles. The van der Waals surface area contributed by atoms with Gasteiger partial charge in [-0.05, 0) is 55.9 Å². The van der Waals surface area contributed by atoms with Gasteiger partial charge in [-0.2, -0.15) is 0 Å². The van der Waals surface area contributed by atoms with Crippen LogP contribution in [0.15, 0.2) is 48.5 Å². The first-order valence-electron chi connectivity index (χ1n) is 8.58. The Bertz CT molecular complexity index is 899. The first-order chi connectivity index (χ1) is 13.3. The summed E-state index contributed by atoms with van der Waals surface area (Å²) in [5, 5.41) is 18.9. The molecule has 2 aromatic carbocycles. The van der Waals surface area contributed by atoms with Crippen LogP contribution in [-0.2, 0) is 0 Å². The highest BCUT2D eigenvalue weighted by molar-refractivity contribution is 7.80. The molecule has 8 nitrogen and oxygen atoms in total. The third-order valence-corrected chi connectivity index (χ3v) is 4.14. The zero-order chi connectivity index (χ0) is 20.7. The number of anilines is 1. The number of carbonyl (C=O) groups is 2. The topological polar surface area (TPSA) is 113 Å². The highest BCUT2D eigenvalue weighted by Gasteiger charge is 2.12. The Morgan fingerprint density at radius 1 is 1.11 bits per heavy atom. The quantitative estimate of drug-likeness (QED) is 0.390. The first kappa shape index (κ1) is 21.0. The largest absolute Gasteiger partial charge is 0.350 e. The normalized spacial score (nSPS) is 11.2. The lowest BCUT2D eigenvalue weighted by atomic mass is 10.1. The van der Waals surface area contributed by atoms with E-state index in [4.69, 9.17) is 12.2 Å². The summed E-state index contributed by atoms with van der Waals surface area (Å²) in [5.74, 6) is -0.697. The minimum atomic E-state index is -0.543. The molecule has 0 aliphatic heterocycles. The maximum Gasteiger partial charge on any atom is 0.269 e. The fourth-order valence-corrected chi connectivity index (χ4v) is 2.43. The fourth-order valence-electron chi connectivity index (χ4n) is 2.22. The molecule has 0 heterocycles. The summed E-state index contributed by atoms with van der Waals surface area (Å²) in [7, 11) is 0. The summed E-state index contributed by atoms with van der Waals surface area (Å²) in [6.07, 6.45) is 0.822. The van der Waals surface area contributed by atoms with E-state index in [1.165, 1.54) is 24.3 Å². The van der Waals surface area contributed by atoms with Gasteiger partial charge in [0.2, 0.25) is 0 Å². The van der Waals surface area contributed by atoms with E-state index >= 15 is 0 Å². The molecule has 0 fully saturated rings. The number of benzene rings is 2. The number of hydrogen-bond acceptors (Lipinski definition) is 5. The molecule has 146 valence electrons. The van der Waals surface area contributed by atoms with Crippen molar-refractivity contribution in [3.8, 4) is 0 Å². The lowest BCUT2D eigenvalue weighted by molar-refractivity contribution is -0.384. The van der Waals surface area contributed by atoms with Crippen molar-refractivity contribution in [2.24, 2.45) is 0 Å². The van der Waals surface area contributed by atoms with Crippen molar-refractivity contribution < 1.29 is 14.5 Å². The van der Waals surface area contributed by atoms with Gasteiger partial charge in [0.05, 0.1) is 4.92 Å². The lowest BCUT2D eigenvalue weighted by Gasteiger charge is -2.13. The highest BCUT2D eigenvalue weighted by Crippen LogP contribution is 2.13. The van der Waals surface area contributed by atoms with Gasteiger partial charge in [0.1, 0.15) is 0 Å². The SMILES string of the molecule is CCC(C)NC(=O)c1cccc(NC(=S)NC(=O)c2ccc([N+](=O)[O-])cc2)c1. The average molecular weight is 400 g/mol. The second-order valence-electron chi connectivity index (χ2n) is 6.08. The number of nitro groups is 1. The smallest absolute Gasteiger partial charge is 0.269 e. The summed E-state index contributed by atoms with van der Waals surface area (Å²) < 4.78 is 0. The molecule has 3 N–H and O–H groups in total. The highest BCUT2D eigenvalue weighted by atomic mass is 32.1. The lowest BCUT2D eigenvalue weighted by Crippen LogP contribution is -2.34. The van der Waals surface area contributed by atoms with E-state index in [1.807, 2.05) is 13.8 Å². The number of hydrogen-bond donors (Lipinski definition) is 3. The predicted molar refractivity (Wildman–Crippen MR) is 110 cm³/mol. The first-order valence-corrected chi connectivity index (χ1v) is 8.98. The molecule has 1 unspecified atom stereocenters. The number of amides is 2. The maximum absolute atomic E-state index is 12.2. The molecule has 2 aromatic rings. The molecule has 0 bridgehead atoms. The van der Waals surface area contributed by atoms with Gasteiger partial charge in [0.25, 0.3) is 17.5 Å². The van der Waals surface area contributed by atoms with Crippen LogP contribution in [0, 0.1) is 10.1 Å². The van der Waals surface area contributed by atoms with Crippen molar-refractivity contribution in [2.75, 3.05) is 5.32 Å². The number of nitro benzene ring substituents is 1. The Morgan fingerprint density at radius 3 is 2.39 bits per heavy atom. The predicted octanol–water partition coefficient (Wildman–Crippen LogP) is 3.25. The third-order valence-electron chi connectivity index (χ3n) is 3.94. The van der Waals surface area contributed by atoms with E-state index in [9.17, 15) is 19.7 Å². The van der Waals surface area contributed by atoms with Crippen LogP contribution < -0.4 is 16.0 Å². The third kappa shape index (κ3) is 5.85. The van der Waals surface area contributed by atoms with Crippen molar-refractivity contribution >= 4 is 40.5 Å². The number of nitrogens with one attached hydrogen (secondary N) is 3. The second kappa shape index (κ2) is 9.56. The van der Waals surface area contributed by atoms with E-state index in [2.05, 4.69) is 16.0 Å². The standard InChI is InChI=1S/C19H20N4O4S/c1-3-12(2)20-18(25)14-5-4-6-15(11-14)21-19(28)22-17(24)13-7-9-16(10-8-13)23(26)27/h4-12H,3H2,1-2H3,(H,20,25)(H2,21,22,24,28). The molecule has 0 radical (unpaired) electrons. The Morgan fingerprint density at radius 2 is 1.79 bits per heavy atom. The van der Waals surface area contributed by atoms with Gasteiger partial charge in [-0.15, -0.1) is 0 Å². The minimum absolute atomic E-state index is 0.0443. The molecule has 1 atom stereocenters. The van der Waals surface area contributed by atoms with Gasteiger partial charge in [-0.25, -0.2) is 0 Å². The Labute approximate surface area is 167 Å². The van der Waals surface area contributed by atoms with Crippen LogP contribution in [0.2, 0.25) is 0 Å². The van der Waals surface area contributed by atoms with Gasteiger partial charge in [-0.3, -0.25) is 25.0 Å². The van der Waals surface area contributed by atoms with Crippen LogP contribution in [-0.4, -0.2) is 27.9 Å². The zero-order valence-corrected chi connectivity index (χ0v) is 16.2. The van der Waals surface area contributed by atoms with E-state index in [0.29, 0.717) is 11.3 Å². The van der Waals surface area contributed by atoms with E-state index in [0.717, 1.165) is 6.42 Å². The molecule has 0 spiro atoms. The number of non-ortho nitro benzene ring substituents is 1. The van der Waals surface area contributed by atoms with Crippen molar-refractivity contribution in [3.63, 3.8) is 0 Å². The maximum atomic E-state index is 12.2. The second-order valence-corrected chi connectivity index (χ2v) is 6.48. The van der Waals surface area contributed by atoms with Crippen molar-refractivity contribution in [2.45, 2.75) is 26.3 Å². The van der Waals surface area contributed by atoms with Gasteiger partial charge in [0, 0.05) is 35.0 Å². The zero-order valence-electron chi connectivity index (χ0n) is 15.4. The monoisotopic (exact) mass is 400 g/mol. The van der Waals surface area contributed by atoms with Crippen LogP contribution in [0.25, 0.3) is 0 Å². The van der Waals surface area contributed by atoms with Gasteiger partial charge in [0.15, 0.2) is 5.11 Å². The van der Waals surface area contributed by atoms with Crippen LogP contribution >= 0.6 is 12.2 Å². The Balaban J connectivity index is 1.99. The van der Waals surface area contributed by atoms with E-state index in [1.54, 1.807) is 24.3 Å². The molecule has 9 heteroatoms. The van der Waals surface area contributed by atoms with Gasteiger partial charge >= 0.3 is 0 Å². The van der Waals surface area contributed by atoms with Crippen molar-refractivity contribution in [3.05, 3.63) is 69.8 Å². The molecule has 28 heavy (non-hydrogen) atoms. The van der Waals surface area contributed by atoms with E-state index < -0.39 is 10.8 Å². The Kier molecular flexibility index (Phi) is 7.16. The molecular weight excluding hydrogens is 380 g/mol. The van der Waals surface area contributed by atoms with Crippen LogP contribution in [0.4, 0.5) is 11.4 Å². The summed E-state index contributed by atoms with van der Waals surface area (Å²) in [6, 6.07) is 12.0. The average Bonchev–Trinajstić information content (AvgIpc) is 2.67. The van der Waals surface area contributed by atoms with Crippen LogP contribution in [0.3, 0.4) is 0 Å². The molecule has 2 rings (SSSR count).